The van der Waals surface area contributed by atoms with Crippen LogP contribution in [0.1, 0.15) is 57.2 Å². The lowest BCUT2D eigenvalue weighted by Crippen LogP contribution is -2.29. The van der Waals surface area contributed by atoms with E-state index in [9.17, 15) is 18.0 Å². The van der Waals surface area contributed by atoms with Crippen LogP contribution < -0.4 is 10.1 Å². The lowest BCUT2D eigenvalue weighted by atomic mass is 9.70. The number of aryl methyl sites for hydroxylation is 1. The standard InChI is InChI=1S/C27H32F3N3O3/c1-16-10-20(15-26(3,4)14-16)33-23-11-17(2)18(13-24(34)35-5)12-22(23)32-25(33)31-19-6-8-21(9-7-19)36-27(28,29)30/h6-9,11-12,16,20H,10,13-15H2,1-5H3,(H,31,32)/t16-,20+/m1/s1. The first-order chi connectivity index (χ1) is 16.8. The van der Waals surface area contributed by atoms with E-state index in [1.165, 1.54) is 31.4 Å². The van der Waals surface area contributed by atoms with Crippen molar-refractivity contribution >= 4 is 28.6 Å². The molecular weight excluding hydrogens is 471 g/mol. The topological polar surface area (TPSA) is 65.4 Å². The van der Waals surface area contributed by atoms with Crippen LogP contribution in [0, 0.1) is 18.3 Å². The van der Waals surface area contributed by atoms with Crippen LogP contribution in [0.3, 0.4) is 0 Å². The normalized spacial score (nSPS) is 19.8. The van der Waals surface area contributed by atoms with Gasteiger partial charge in [0.05, 0.1) is 24.6 Å². The minimum atomic E-state index is -4.74. The highest BCUT2D eigenvalue weighted by atomic mass is 19.4. The van der Waals surface area contributed by atoms with E-state index >= 15 is 0 Å². The number of methoxy groups -OCH3 is 1. The lowest BCUT2D eigenvalue weighted by Gasteiger charge is -2.40. The number of nitrogens with zero attached hydrogens (tertiary/aromatic N) is 2. The summed E-state index contributed by atoms with van der Waals surface area (Å²) in [6, 6.07) is 9.77. The number of carbonyl (C=O) groups is 1. The van der Waals surface area contributed by atoms with E-state index in [-0.39, 0.29) is 29.6 Å². The molecule has 3 aromatic rings. The number of esters is 1. The first-order valence-electron chi connectivity index (χ1n) is 12.0. The minimum absolute atomic E-state index is 0.155. The Hall–Kier alpha value is -3.23. The van der Waals surface area contributed by atoms with E-state index in [2.05, 4.69) is 41.5 Å². The fourth-order valence-electron chi connectivity index (χ4n) is 5.53. The van der Waals surface area contributed by atoms with Crippen molar-refractivity contribution in [3.8, 4) is 5.75 Å². The smallest absolute Gasteiger partial charge is 0.469 e. The van der Waals surface area contributed by atoms with Crippen molar-refractivity contribution in [1.29, 1.82) is 0 Å². The summed E-state index contributed by atoms with van der Waals surface area (Å²) in [4.78, 5) is 16.8. The number of benzene rings is 2. The summed E-state index contributed by atoms with van der Waals surface area (Å²) < 4.78 is 48.7. The second-order valence-corrected chi connectivity index (χ2v) is 10.6. The Bertz CT molecular complexity index is 1250. The molecule has 9 heteroatoms. The van der Waals surface area contributed by atoms with Gasteiger partial charge < -0.3 is 19.4 Å². The maximum absolute atomic E-state index is 12.5. The lowest BCUT2D eigenvalue weighted by molar-refractivity contribution is -0.274. The summed E-state index contributed by atoms with van der Waals surface area (Å²) in [6.07, 6.45) is -1.49. The third-order valence-corrected chi connectivity index (χ3v) is 6.78. The number of fused-ring (bicyclic) bond motifs is 1. The molecule has 2 atom stereocenters. The average Bonchev–Trinajstić information content (AvgIpc) is 3.09. The summed E-state index contributed by atoms with van der Waals surface area (Å²) in [5.74, 6) is 0.535. The maximum Gasteiger partial charge on any atom is 0.573 e. The Morgan fingerprint density at radius 2 is 1.89 bits per heavy atom. The Balaban J connectivity index is 1.75. The highest BCUT2D eigenvalue weighted by Gasteiger charge is 2.35. The Kier molecular flexibility index (Phi) is 6.94. The quantitative estimate of drug-likeness (QED) is 0.364. The van der Waals surface area contributed by atoms with Gasteiger partial charge in [-0.05, 0) is 85.0 Å². The van der Waals surface area contributed by atoms with Gasteiger partial charge in [0, 0.05) is 11.7 Å². The molecule has 0 radical (unpaired) electrons. The van der Waals surface area contributed by atoms with Crippen molar-refractivity contribution in [1.82, 2.24) is 9.55 Å². The van der Waals surface area contributed by atoms with E-state index in [1.54, 1.807) is 0 Å². The van der Waals surface area contributed by atoms with Gasteiger partial charge in [0.25, 0.3) is 0 Å². The van der Waals surface area contributed by atoms with Gasteiger partial charge in [0.15, 0.2) is 0 Å². The van der Waals surface area contributed by atoms with Crippen LogP contribution in [0.25, 0.3) is 11.0 Å². The van der Waals surface area contributed by atoms with Gasteiger partial charge in [0.1, 0.15) is 5.75 Å². The number of anilines is 2. The summed E-state index contributed by atoms with van der Waals surface area (Å²) >= 11 is 0. The summed E-state index contributed by atoms with van der Waals surface area (Å²) in [5, 5.41) is 3.31. The van der Waals surface area contributed by atoms with Crippen molar-refractivity contribution in [2.24, 2.45) is 11.3 Å². The number of imidazole rings is 1. The van der Waals surface area contributed by atoms with E-state index in [4.69, 9.17) is 9.72 Å². The van der Waals surface area contributed by atoms with Crippen LogP contribution in [0.2, 0.25) is 0 Å². The van der Waals surface area contributed by atoms with Gasteiger partial charge in [0.2, 0.25) is 5.95 Å². The molecule has 36 heavy (non-hydrogen) atoms. The van der Waals surface area contributed by atoms with E-state index in [0.717, 1.165) is 41.4 Å². The van der Waals surface area contributed by atoms with Crippen molar-refractivity contribution < 1.29 is 27.4 Å². The molecule has 0 spiro atoms. The number of halogens is 3. The molecule has 0 saturated heterocycles. The number of carbonyl (C=O) groups excluding carboxylic acids is 1. The Morgan fingerprint density at radius 1 is 1.19 bits per heavy atom. The van der Waals surface area contributed by atoms with Crippen LogP contribution in [0.15, 0.2) is 36.4 Å². The van der Waals surface area contributed by atoms with Crippen LogP contribution in [-0.2, 0) is 16.0 Å². The summed E-state index contributed by atoms with van der Waals surface area (Å²) in [7, 11) is 1.37. The number of alkyl halides is 3. The fraction of sp³-hybridized carbons (Fsp3) is 0.481. The minimum Gasteiger partial charge on any atom is -0.469 e. The molecule has 1 aliphatic carbocycles. The predicted octanol–water partition coefficient (Wildman–Crippen LogP) is 7.09. The molecule has 6 nitrogen and oxygen atoms in total. The Labute approximate surface area is 208 Å². The van der Waals surface area contributed by atoms with Gasteiger partial charge in [-0.2, -0.15) is 0 Å². The van der Waals surface area contributed by atoms with Gasteiger partial charge in [-0.25, -0.2) is 4.98 Å². The van der Waals surface area contributed by atoms with Gasteiger partial charge >= 0.3 is 12.3 Å². The number of hydrogen-bond donors (Lipinski definition) is 1. The fourth-order valence-corrected chi connectivity index (χ4v) is 5.53. The van der Waals surface area contributed by atoms with Crippen LogP contribution in [0.5, 0.6) is 5.75 Å². The van der Waals surface area contributed by atoms with Crippen LogP contribution >= 0.6 is 0 Å². The highest BCUT2D eigenvalue weighted by molar-refractivity contribution is 5.83. The molecule has 0 bridgehead atoms. The third kappa shape index (κ3) is 5.94. The van der Waals surface area contributed by atoms with Crippen LogP contribution in [-0.4, -0.2) is 29.0 Å². The van der Waals surface area contributed by atoms with Crippen molar-refractivity contribution in [2.75, 3.05) is 12.4 Å². The molecule has 4 rings (SSSR count). The molecule has 0 unspecified atom stereocenters. The molecule has 1 N–H and O–H groups in total. The molecule has 2 aromatic carbocycles. The largest absolute Gasteiger partial charge is 0.573 e. The Morgan fingerprint density at radius 3 is 2.50 bits per heavy atom. The van der Waals surface area contributed by atoms with Crippen molar-refractivity contribution in [2.45, 2.75) is 65.8 Å². The maximum atomic E-state index is 12.5. The molecule has 1 fully saturated rings. The SMILES string of the molecule is COC(=O)Cc1cc2nc(Nc3ccc(OC(F)(F)F)cc3)n([C@H]3C[C@@H](C)CC(C)(C)C3)c2cc1C. The molecule has 1 saturated carbocycles. The molecular formula is C27H32F3N3O3. The van der Waals surface area contributed by atoms with E-state index in [0.29, 0.717) is 17.6 Å². The average molecular weight is 504 g/mol. The zero-order chi connectivity index (χ0) is 26.3. The highest BCUT2D eigenvalue weighted by Crippen LogP contribution is 2.46. The molecule has 194 valence electrons. The van der Waals surface area contributed by atoms with Gasteiger partial charge in [-0.3, -0.25) is 4.79 Å². The van der Waals surface area contributed by atoms with Crippen molar-refractivity contribution in [3.63, 3.8) is 0 Å². The first-order valence-corrected chi connectivity index (χ1v) is 12.0. The van der Waals surface area contributed by atoms with Crippen molar-refractivity contribution in [3.05, 3.63) is 47.5 Å². The molecule has 1 aliphatic rings. The number of hydrogen-bond acceptors (Lipinski definition) is 5. The molecule has 1 aromatic heterocycles. The monoisotopic (exact) mass is 503 g/mol. The molecule has 0 aliphatic heterocycles. The van der Waals surface area contributed by atoms with E-state index in [1.807, 2.05) is 13.0 Å². The second-order valence-electron chi connectivity index (χ2n) is 10.6. The zero-order valence-corrected chi connectivity index (χ0v) is 21.2. The number of aromatic nitrogens is 2. The number of ether oxygens (including phenoxy) is 2. The molecule has 1 heterocycles. The van der Waals surface area contributed by atoms with Gasteiger partial charge in [-0.1, -0.05) is 20.8 Å². The predicted molar refractivity (Wildman–Crippen MR) is 132 cm³/mol. The van der Waals surface area contributed by atoms with Crippen LogP contribution in [0.4, 0.5) is 24.8 Å². The zero-order valence-electron chi connectivity index (χ0n) is 21.2. The van der Waals surface area contributed by atoms with Gasteiger partial charge in [-0.15, -0.1) is 13.2 Å². The third-order valence-electron chi connectivity index (χ3n) is 6.78. The van der Waals surface area contributed by atoms with E-state index < -0.39 is 6.36 Å². The first kappa shape index (κ1) is 25.9. The number of rotatable bonds is 6. The summed E-state index contributed by atoms with van der Waals surface area (Å²) in [5.41, 5.74) is 4.27. The number of nitrogens with one attached hydrogen (secondary N) is 1. The second kappa shape index (κ2) is 9.67. The molecule has 0 amide bonds. The summed E-state index contributed by atoms with van der Waals surface area (Å²) in [6.45, 7) is 8.79.